The van der Waals surface area contributed by atoms with Crippen molar-refractivity contribution < 1.29 is 30.0 Å². The number of carbonyl (C=O) groups excluding carboxylic acids is 2. The fourth-order valence-corrected chi connectivity index (χ4v) is 11.7. The Morgan fingerprint density at radius 1 is 0.315 bits per heavy atom. The second-order valence-electron chi connectivity index (χ2n) is 24.9. The van der Waals surface area contributed by atoms with Gasteiger partial charge >= 0.3 is 0 Å². The minimum absolute atomic E-state index is 0.125. The van der Waals surface area contributed by atoms with E-state index < -0.39 is 36.6 Å². The topological polar surface area (TPSA) is 343 Å². The number of likely N-dealkylation sites (N-methyl/N-ethyl adjacent to an activating group) is 2. The summed E-state index contributed by atoms with van der Waals surface area (Å²) in [6.45, 7) is 4.96. The minimum Gasteiger partial charge on any atom is -0.388 e. The lowest BCUT2D eigenvalue weighted by atomic mass is 9.82. The fraction of sp³-hybridized carbons (Fsp3) is 0.218. The predicted molar refractivity (Wildman–Crippen MR) is 430 cm³/mol. The number of amides is 2. The molecule has 0 bridgehead atoms. The predicted octanol–water partition coefficient (Wildman–Crippen LogP) is 12.5. The molecule has 12 rings (SSSR count). The second kappa shape index (κ2) is 46.2. The number of nitrogens with zero attached hydrogens (tertiary/aromatic N) is 6. The van der Waals surface area contributed by atoms with Gasteiger partial charge in [0.1, 0.15) is 23.7 Å². The normalized spacial score (nSPS) is 14.2. The lowest BCUT2D eigenvalue weighted by molar-refractivity contribution is -0.123. The highest BCUT2D eigenvalue weighted by atomic mass is 16.3. The van der Waals surface area contributed by atoms with Crippen LogP contribution in [0.15, 0.2) is 328 Å². The van der Waals surface area contributed by atoms with Crippen LogP contribution in [0.1, 0.15) is 125 Å². The first-order valence-corrected chi connectivity index (χ1v) is 35.7. The number of aliphatic hydroxyl groups excluding tert-OH is 4. The molecule has 6 aromatic carbocycles. The molecule has 6 heterocycles. The van der Waals surface area contributed by atoms with E-state index in [9.17, 15) is 30.0 Å². The lowest BCUT2D eigenvalue weighted by Crippen LogP contribution is -2.51. The molecule has 0 aliphatic carbocycles. The third kappa shape index (κ3) is 26.4. The summed E-state index contributed by atoms with van der Waals surface area (Å²) >= 11 is 0. The standard InChI is InChI=1S/3C25H23N3O.C7H17N3O2.C4H10N2O.CH5N/c3*29-25(20-13-5-2-6-14-20)23(21-15-7-9-17-26-21)24(19-11-3-1-4-12-19)28-22-16-8-10-18-27-22;1-4(8)6(11)10-5(2)7(12)9-3;1-3(5)4(7)6-2;1-2/h3*1-18,23-25,29H,(H,27,28);4-6,10-11H,8H2,1-3H3,(H,9,12);3H,5H2,1-2H3,(H,6,7);2H2,1H3. The van der Waals surface area contributed by atoms with Gasteiger partial charge in [0, 0.05) is 74.4 Å². The Kier molecular flexibility index (Phi) is 35.8. The molecule has 0 aliphatic heterocycles. The van der Waals surface area contributed by atoms with Crippen LogP contribution in [0, 0.1) is 0 Å². The molecule has 16 N–H and O–H groups in total. The van der Waals surface area contributed by atoms with Crippen molar-refractivity contribution in [3.63, 3.8) is 0 Å². The summed E-state index contributed by atoms with van der Waals surface area (Å²) in [7, 11) is 4.60. The molecule has 13 atom stereocenters. The summed E-state index contributed by atoms with van der Waals surface area (Å²) in [6, 6.07) is 92.4. The highest BCUT2D eigenvalue weighted by Crippen LogP contribution is 2.45. The van der Waals surface area contributed by atoms with E-state index >= 15 is 0 Å². The molecule has 0 spiro atoms. The smallest absolute Gasteiger partial charge is 0.236 e. The molecule has 0 radical (unpaired) electrons. The molecular formula is C87H101N15O6. The van der Waals surface area contributed by atoms with E-state index in [-0.39, 0.29) is 53.7 Å². The summed E-state index contributed by atoms with van der Waals surface area (Å²) in [5, 5.41) is 61.7. The molecular weight excluding hydrogens is 1350 g/mol. The molecule has 560 valence electrons. The summed E-state index contributed by atoms with van der Waals surface area (Å²) < 4.78 is 0. The van der Waals surface area contributed by atoms with Crippen LogP contribution in [0.2, 0.25) is 0 Å². The Bertz CT molecular complexity index is 3930. The summed E-state index contributed by atoms with van der Waals surface area (Å²) in [6.07, 6.45) is 7.49. The van der Waals surface area contributed by atoms with Gasteiger partial charge in [0.25, 0.3) is 0 Å². The zero-order valence-corrected chi connectivity index (χ0v) is 61.7. The number of hydrogen-bond donors (Lipinski definition) is 13. The highest BCUT2D eigenvalue weighted by molar-refractivity contribution is 5.81. The molecule has 6 aromatic heterocycles. The molecule has 0 aliphatic rings. The number of carbonyl (C=O) groups is 2. The number of pyridine rings is 6. The number of aromatic nitrogens is 6. The first-order valence-electron chi connectivity index (χ1n) is 35.7. The average molecular weight is 1450 g/mol. The van der Waals surface area contributed by atoms with Gasteiger partial charge in [0.15, 0.2) is 0 Å². The number of nitrogens with two attached hydrogens (primary N) is 3. The van der Waals surface area contributed by atoms with Crippen LogP contribution in [0.5, 0.6) is 0 Å². The molecule has 21 heteroatoms. The third-order valence-electron chi connectivity index (χ3n) is 17.2. The van der Waals surface area contributed by atoms with Crippen molar-refractivity contribution >= 4 is 29.3 Å². The summed E-state index contributed by atoms with van der Waals surface area (Å²) in [5.74, 6) is 1.01. The number of aliphatic hydroxyl groups is 4. The largest absolute Gasteiger partial charge is 0.388 e. The van der Waals surface area contributed by atoms with Gasteiger partial charge in [-0.3, -0.25) is 29.9 Å². The van der Waals surface area contributed by atoms with Crippen molar-refractivity contribution in [1.29, 1.82) is 0 Å². The zero-order valence-electron chi connectivity index (χ0n) is 61.7. The van der Waals surface area contributed by atoms with Crippen LogP contribution in [0.3, 0.4) is 0 Å². The molecule has 13 unspecified atom stereocenters. The van der Waals surface area contributed by atoms with Gasteiger partial charge in [-0.1, -0.05) is 218 Å². The summed E-state index contributed by atoms with van der Waals surface area (Å²) in [4.78, 5) is 48.3. The Hall–Kier alpha value is -11.8. The van der Waals surface area contributed by atoms with Crippen molar-refractivity contribution in [2.45, 2.75) is 99.3 Å². The van der Waals surface area contributed by atoms with Gasteiger partial charge in [-0.15, -0.1) is 0 Å². The van der Waals surface area contributed by atoms with Crippen LogP contribution in [-0.4, -0.2) is 108 Å². The SMILES string of the molecule is CN.CNC(=O)C(C)N.CNC(=O)C(C)NC(O)C(C)N.OC(c1ccccc1)C(c1ccccn1)C(Nc1ccccn1)c1ccccc1.OC(c1ccccc1)C(c1ccccn1)C(Nc1ccccn1)c1ccccc1.OC(c1ccccc1)C(c1ccccn1)C(Nc1ccccn1)c1ccccc1. The molecule has 21 nitrogen and oxygen atoms in total. The van der Waals surface area contributed by atoms with Crippen LogP contribution in [0.25, 0.3) is 0 Å². The number of benzene rings is 6. The van der Waals surface area contributed by atoms with Gasteiger partial charge < -0.3 is 64.2 Å². The maximum absolute atomic E-state index is 11.4. The van der Waals surface area contributed by atoms with E-state index in [1.807, 2.05) is 255 Å². The monoisotopic (exact) mass is 1450 g/mol. The van der Waals surface area contributed by atoms with Crippen LogP contribution < -0.4 is 49.1 Å². The van der Waals surface area contributed by atoms with E-state index in [1.54, 1.807) is 72.0 Å². The van der Waals surface area contributed by atoms with Gasteiger partial charge in [-0.05, 0) is 134 Å². The van der Waals surface area contributed by atoms with Gasteiger partial charge in [0.05, 0.1) is 66.3 Å². The van der Waals surface area contributed by atoms with Crippen molar-refractivity contribution in [2.75, 3.05) is 37.1 Å². The zero-order chi connectivity index (χ0) is 77.3. The molecule has 0 saturated carbocycles. The van der Waals surface area contributed by atoms with Gasteiger partial charge in [0.2, 0.25) is 11.8 Å². The maximum atomic E-state index is 11.4. The molecule has 108 heavy (non-hydrogen) atoms. The molecule has 12 aromatic rings. The maximum Gasteiger partial charge on any atom is 0.236 e. The van der Waals surface area contributed by atoms with Crippen LogP contribution >= 0.6 is 0 Å². The van der Waals surface area contributed by atoms with Crippen LogP contribution in [0.4, 0.5) is 17.5 Å². The van der Waals surface area contributed by atoms with E-state index in [1.165, 1.54) is 7.05 Å². The van der Waals surface area contributed by atoms with Crippen LogP contribution in [-0.2, 0) is 9.59 Å². The van der Waals surface area contributed by atoms with Gasteiger partial charge in [-0.25, -0.2) is 15.0 Å². The fourth-order valence-electron chi connectivity index (χ4n) is 11.7. The van der Waals surface area contributed by atoms with E-state index in [0.29, 0.717) is 0 Å². The number of rotatable bonds is 26. The molecule has 0 fully saturated rings. The van der Waals surface area contributed by atoms with Crippen molar-refractivity contribution in [2.24, 2.45) is 17.2 Å². The van der Waals surface area contributed by atoms with Crippen molar-refractivity contribution in [1.82, 2.24) is 45.9 Å². The lowest BCUT2D eigenvalue weighted by Gasteiger charge is -2.32. The molecule has 2 amide bonds. The Balaban J connectivity index is 0.000000199. The first-order chi connectivity index (χ1) is 52.6. The third-order valence-corrected chi connectivity index (χ3v) is 17.2. The Morgan fingerprint density at radius 2 is 0.546 bits per heavy atom. The second-order valence-corrected chi connectivity index (χ2v) is 24.9. The highest BCUT2D eigenvalue weighted by Gasteiger charge is 2.36. The summed E-state index contributed by atoms with van der Waals surface area (Å²) in [5.41, 5.74) is 23.2. The van der Waals surface area contributed by atoms with E-state index in [2.05, 4.69) is 104 Å². The van der Waals surface area contributed by atoms with E-state index in [4.69, 9.17) is 11.5 Å². The van der Waals surface area contributed by atoms with Crippen molar-refractivity contribution in [3.8, 4) is 0 Å². The average Bonchev–Trinajstić information content (AvgIpc) is 0.810. The first kappa shape index (κ1) is 83.5. The number of anilines is 3. The molecule has 0 saturated heterocycles. The Morgan fingerprint density at radius 3 is 0.741 bits per heavy atom. The number of hydrogen-bond acceptors (Lipinski definition) is 19. The minimum atomic E-state index is -0.850. The van der Waals surface area contributed by atoms with E-state index in [0.717, 1.165) is 67.9 Å². The van der Waals surface area contributed by atoms with Gasteiger partial charge in [-0.2, -0.15) is 0 Å². The quantitative estimate of drug-likeness (QED) is 0.0224. The van der Waals surface area contributed by atoms with Crippen molar-refractivity contribution in [3.05, 3.63) is 379 Å². The Labute approximate surface area is 634 Å². The number of nitrogens with one attached hydrogen (secondary N) is 6.